The van der Waals surface area contributed by atoms with Gasteiger partial charge in [0.25, 0.3) is 0 Å². The maximum Gasteiger partial charge on any atom is 0.243 e. The zero-order valence-corrected chi connectivity index (χ0v) is 14.6. The van der Waals surface area contributed by atoms with Crippen LogP contribution in [-0.4, -0.2) is 41.0 Å². The number of aryl methyl sites for hydroxylation is 3. The molecule has 0 spiro atoms. The van der Waals surface area contributed by atoms with Crippen LogP contribution in [0.25, 0.3) is 0 Å². The average molecular weight is 346 g/mol. The number of aromatic amines is 1. The van der Waals surface area contributed by atoms with E-state index in [-0.39, 0.29) is 5.92 Å². The monoisotopic (exact) mass is 346 g/mol. The van der Waals surface area contributed by atoms with Gasteiger partial charge >= 0.3 is 0 Å². The molecule has 7 heteroatoms. The molecule has 1 N–H and O–H groups in total. The van der Waals surface area contributed by atoms with Gasteiger partial charge in [0.1, 0.15) is 5.82 Å². The second kappa shape index (κ2) is 5.97. The normalized spacial score (nSPS) is 19.5. The fraction of sp³-hybridized carbons (Fsp3) is 0.529. The Morgan fingerprint density at radius 3 is 2.62 bits per heavy atom. The van der Waals surface area contributed by atoms with Gasteiger partial charge in [-0.1, -0.05) is 6.07 Å². The molecule has 128 valence electrons. The Morgan fingerprint density at radius 1 is 1.17 bits per heavy atom. The first kappa shape index (κ1) is 15.8. The molecule has 0 atom stereocenters. The summed E-state index contributed by atoms with van der Waals surface area (Å²) in [4.78, 5) is 4.82. The molecule has 0 radical (unpaired) electrons. The van der Waals surface area contributed by atoms with Crippen LogP contribution < -0.4 is 0 Å². The molecule has 1 aliphatic heterocycles. The number of H-pyrrole nitrogens is 1. The number of sulfonamides is 1. The lowest BCUT2D eigenvalue weighted by Gasteiger charge is -2.30. The van der Waals surface area contributed by atoms with Crippen molar-refractivity contribution in [1.29, 1.82) is 0 Å². The summed E-state index contributed by atoms with van der Waals surface area (Å²) in [5.74, 6) is 1.85. The van der Waals surface area contributed by atoms with E-state index < -0.39 is 10.0 Å². The second-order valence-electron chi connectivity index (χ2n) is 6.74. The summed E-state index contributed by atoms with van der Waals surface area (Å²) in [5, 5.41) is 7.08. The molecule has 1 saturated heterocycles. The molecule has 4 rings (SSSR count). The summed E-state index contributed by atoms with van der Waals surface area (Å²) in [7, 11) is -3.40. The minimum Gasteiger partial charge on any atom is -0.263 e. The number of hydrogen-bond donors (Lipinski definition) is 1. The number of hydrogen-bond acceptors (Lipinski definition) is 4. The van der Waals surface area contributed by atoms with Crippen molar-refractivity contribution in [3.8, 4) is 0 Å². The number of aromatic nitrogens is 3. The summed E-state index contributed by atoms with van der Waals surface area (Å²) in [6.45, 7) is 2.93. The molecule has 1 aromatic carbocycles. The van der Waals surface area contributed by atoms with Gasteiger partial charge < -0.3 is 0 Å². The van der Waals surface area contributed by atoms with E-state index in [1.165, 1.54) is 11.1 Å². The van der Waals surface area contributed by atoms with Crippen LogP contribution in [0.2, 0.25) is 0 Å². The third-order valence-electron chi connectivity index (χ3n) is 5.14. The molecule has 1 aromatic heterocycles. The Morgan fingerprint density at radius 2 is 1.92 bits per heavy atom. The van der Waals surface area contributed by atoms with E-state index in [1.807, 2.05) is 19.1 Å². The highest BCUT2D eigenvalue weighted by atomic mass is 32.2. The Labute approximate surface area is 142 Å². The van der Waals surface area contributed by atoms with Crippen LogP contribution in [0, 0.1) is 6.92 Å². The summed E-state index contributed by atoms with van der Waals surface area (Å²) < 4.78 is 27.5. The second-order valence-corrected chi connectivity index (χ2v) is 8.68. The lowest BCUT2D eigenvalue weighted by Crippen LogP contribution is -2.38. The summed E-state index contributed by atoms with van der Waals surface area (Å²) >= 11 is 0. The van der Waals surface area contributed by atoms with E-state index in [2.05, 4.69) is 15.2 Å². The summed E-state index contributed by atoms with van der Waals surface area (Å²) in [5.41, 5.74) is 2.50. The van der Waals surface area contributed by atoms with Crippen LogP contribution in [0.1, 0.15) is 48.0 Å². The predicted molar refractivity (Wildman–Crippen MR) is 90.3 cm³/mol. The molecule has 6 nitrogen and oxygen atoms in total. The van der Waals surface area contributed by atoms with E-state index in [0.717, 1.165) is 43.8 Å². The van der Waals surface area contributed by atoms with Gasteiger partial charge in [-0.25, -0.2) is 13.4 Å². The van der Waals surface area contributed by atoms with Crippen molar-refractivity contribution in [1.82, 2.24) is 19.5 Å². The molecule has 2 aromatic rings. The highest BCUT2D eigenvalue weighted by molar-refractivity contribution is 7.89. The van der Waals surface area contributed by atoms with Gasteiger partial charge in [-0.05, 0) is 62.3 Å². The van der Waals surface area contributed by atoms with Crippen LogP contribution in [0.5, 0.6) is 0 Å². The molecule has 24 heavy (non-hydrogen) atoms. The van der Waals surface area contributed by atoms with Crippen molar-refractivity contribution in [2.45, 2.75) is 49.8 Å². The first-order chi connectivity index (χ1) is 11.5. The molecule has 1 fully saturated rings. The lowest BCUT2D eigenvalue weighted by atomic mass is 9.98. The molecular formula is C17H22N4O2S. The highest BCUT2D eigenvalue weighted by Crippen LogP contribution is 2.31. The first-order valence-electron chi connectivity index (χ1n) is 8.55. The maximum absolute atomic E-state index is 12.9. The zero-order chi connectivity index (χ0) is 16.7. The average Bonchev–Trinajstić information content (AvgIpc) is 3.23. The van der Waals surface area contributed by atoms with Crippen molar-refractivity contribution < 1.29 is 8.42 Å². The van der Waals surface area contributed by atoms with Crippen LogP contribution in [0.3, 0.4) is 0 Å². The van der Waals surface area contributed by atoms with Gasteiger partial charge in [0.05, 0.1) is 4.90 Å². The van der Waals surface area contributed by atoms with Crippen LogP contribution in [-0.2, 0) is 22.9 Å². The van der Waals surface area contributed by atoms with Crippen LogP contribution >= 0.6 is 0 Å². The van der Waals surface area contributed by atoms with E-state index in [1.54, 1.807) is 10.4 Å². The van der Waals surface area contributed by atoms with Gasteiger partial charge in [0.15, 0.2) is 5.82 Å². The van der Waals surface area contributed by atoms with Crippen molar-refractivity contribution in [3.63, 3.8) is 0 Å². The number of fused-ring (bicyclic) bond motifs is 1. The van der Waals surface area contributed by atoms with Gasteiger partial charge in [0.2, 0.25) is 10.0 Å². The fourth-order valence-electron chi connectivity index (χ4n) is 3.75. The molecule has 0 unspecified atom stereocenters. The zero-order valence-electron chi connectivity index (χ0n) is 13.8. The van der Waals surface area contributed by atoms with Crippen molar-refractivity contribution >= 4 is 10.0 Å². The molecule has 1 aliphatic carbocycles. The van der Waals surface area contributed by atoms with E-state index in [4.69, 9.17) is 0 Å². The maximum atomic E-state index is 12.9. The third-order valence-corrected chi connectivity index (χ3v) is 7.04. The van der Waals surface area contributed by atoms with Crippen LogP contribution in [0.4, 0.5) is 0 Å². The highest BCUT2D eigenvalue weighted by Gasteiger charge is 2.31. The SMILES string of the molecule is Cc1nc(C2CCN(S(=O)(=O)c3ccc4c(c3)CCC4)CC2)n[nH]1. The Hall–Kier alpha value is -1.73. The predicted octanol–water partition coefficient (Wildman–Crippen LogP) is 2.17. The number of nitrogens with one attached hydrogen (secondary N) is 1. The number of nitrogens with zero attached hydrogens (tertiary/aromatic N) is 3. The third kappa shape index (κ3) is 2.75. The molecule has 2 aliphatic rings. The molecular weight excluding hydrogens is 324 g/mol. The minimum absolute atomic E-state index is 0.237. The molecule has 2 heterocycles. The van der Waals surface area contributed by atoms with E-state index in [9.17, 15) is 8.42 Å². The quantitative estimate of drug-likeness (QED) is 0.924. The van der Waals surface area contributed by atoms with Gasteiger partial charge in [-0.15, -0.1) is 0 Å². The Kier molecular flexibility index (Phi) is 3.92. The van der Waals surface area contributed by atoms with Gasteiger partial charge in [-0.3, -0.25) is 5.10 Å². The largest absolute Gasteiger partial charge is 0.263 e. The Bertz CT molecular complexity index is 851. The number of rotatable bonds is 3. The van der Waals surface area contributed by atoms with Crippen molar-refractivity contribution in [2.75, 3.05) is 13.1 Å². The van der Waals surface area contributed by atoms with Gasteiger partial charge in [0, 0.05) is 19.0 Å². The fourth-order valence-corrected chi connectivity index (χ4v) is 5.28. The molecule has 0 bridgehead atoms. The van der Waals surface area contributed by atoms with E-state index >= 15 is 0 Å². The van der Waals surface area contributed by atoms with Crippen molar-refractivity contribution in [2.24, 2.45) is 0 Å². The summed E-state index contributed by atoms with van der Waals surface area (Å²) in [6, 6.07) is 5.63. The topological polar surface area (TPSA) is 79.0 Å². The lowest BCUT2D eigenvalue weighted by molar-refractivity contribution is 0.313. The first-order valence-corrected chi connectivity index (χ1v) is 9.99. The smallest absolute Gasteiger partial charge is 0.243 e. The van der Waals surface area contributed by atoms with Crippen molar-refractivity contribution in [3.05, 3.63) is 41.0 Å². The number of benzene rings is 1. The molecule has 0 saturated carbocycles. The van der Waals surface area contributed by atoms with Crippen LogP contribution in [0.15, 0.2) is 23.1 Å². The van der Waals surface area contributed by atoms with E-state index in [0.29, 0.717) is 18.0 Å². The summed E-state index contributed by atoms with van der Waals surface area (Å²) in [6.07, 6.45) is 4.71. The standard InChI is InChI=1S/C17H22N4O2S/c1-12-18-17(20-19-12)14-7-9-21(10-8-14)24(22,23)16-6-5-13-3-2-4-15(13)11-16/h5-6,11,14H,2-4,7-10H2,1H3,(H,18,19,20). The number of piperidine rings is 1. The minimum atomic E-state index is -3.40. The Balaban J connectivity index is 1.50. The van der Waals surface area contributed by atoms with Gasteiger partial charge in [-0.2, -0.15) is 9.40 Å². The molecule has 0 amide bonds.